The summed E-state index contributed by atoms with van der Waals surface area (Å²) in [7, 11) is 0. The molecule has 3 N–H and O–H groups in total. The molecule has 0 bridgehead atoms. The fraction of sp³-hybridized carbons (Fsp3) is 0.111. The number of fused-ring (bicyclic) bond motifs is 1. The zero-order valence-electron chi connectivity index (χ0n) is 13.4. The molecule has 128 valence electrons. The highest BCUT2D eigenvalue weighted by Crippen LogP contribution is 2.31. The molecule has 3 rings (SSSR count). The number of H-pyrrole nitrogens is 1. The van der Waals surface area contributed by atoms with E-state index in [1.165, 1.54) is 11.8 Å². The van der Waals surface area contributed by atoms with E-state index in [1.807, 2.05) is 31.2 Å². The van der Waals surface area contributed by atoms with E-state index in [0.29, 0.717) is 10.6 Å². The third-order valence-electron chi connectivity index (χ3n) is 3.62. The molecule has 0 saturated heterocycles. The third-order valence-corrected chi connectivity index (χ3v) is 5.17. The number of carbonyl (C=O) groups excluding carboxylic acids is 2. The number of nitrogens with one attached hydrogen (secondary N) is 3. The number of hydrogen-bond donors (Lipinski definition) is 3. The number of aromatic amines is 1. The normalized spacial score (nSPS) is 10.6. The Morgan fingerprint density at radius 2 is 1.80 bits per heavy atom. The predicted octanol–water partition coefficient (Wildman–Crippen LogP) is 3.68. The van der Waals surface area contributed by atoms with E-state index in [1.54, 1.807) is 24.3 Å². The lowest BCUT2D eigenvalue weighted by molar-refractivity contribution is -0.119. The number of aryl methyl sites for hydroxylation is 1. The Hall–Kier alpha value is -2.44. The molecule has 0 aliphatic heterocycles. The Labute approximate surface area is 154 Å². The summed E-state index contributed by atoms with van der Waals surface area (Å²) in [6.45, 7) is 1.97. The van der Waals surface area contributed by atoms with Crippen molar-refractivity contribution in [2.24, 2.45) is 0 Å². The van der Waals surface area contributed by atoms with Crippen molar-refractivity contribution in [1.82, 2.24) is 15.8 Å². The fourth-order valence-corrected chi connectivity index (χ4v) is 3.62. The minimum atomic E-state index is -0.452. The molecule has 0 aliphatic carbocycles. The first kappa shape index (κ1) is 17.4. The molecular formula is C18H16ClN3O2S. The van der Waals surface area contributed by atoms with Crippen molar-refractivity contribution in [2.45, 2.75) is 11.8 Å². The zero-order valence-corrected chi connectivity index (χ0v) is 15.0. The molecular weight excluding hydrogens is 358 g/mol. The van der Waals surface area contributed by atoms with Crippen LogP contribution in [-0.4, -0.2) is 22.6 Å². The van der Waals surface area contributed by atoms with Gasteiger partial charge in [-0.05, 0) is 25.1 Å². The van der Waals surface area contributed by atoms with Crippen molar-refractivity contribution in [3.8, 4) is 0 Å². The van der Waals surface area contributed by atoms with Gasteiger partial charge in [-0.2, -0.15) is 0 Å². The maximum Gasteiger partial charge on any atom is 0.271 e. The van der Waals surface area contributed by atoms with E-state index in [9.17, 15) is 9.59 Å². The number of hydrazine groups is 1. The van der Waals surface area contributed by atoms with Gasteiger partial charge in [0.1, 0.15) is 0 Å². The van der Waals surface area contributed by atoms with Gasteiger partial charge in [-0.15, -0.1) is 11.8 Å². The van der Waals surface area contributed by atoms with E-state index in [2.05, 4.69) is 15.8 Å². The maximum absolute atomic E-state index is 12.0. The van der Waals surface area contributed by atoms with Crippen LogP contribution < -0.4 is 10.9 Å². The van der Waals surface area contributed by atoms with Gasteiger partial charge in [0.05, 0.1) is 16.3 Å². The first-order valence-electron chi connectivity index (χ1n) is 7.60. The van der Waals surface area contributed by atoms with Crippen LogP contribution in [0.4, 0.5) is 0 Å². The second-order valence-corrected chi connectivity index (χ2v) is 6.79. The maximum atomic E-state index is 12.0. The highest BCUT2D eigenvalue weighted by Gasteiger charge is 2.13. The van der Waals surface area contributed by atoms with Gasteiger partial charge in [-0.1, -0.05) is 41.9 Å². The number of rotatable bonds is 4. The van der Waals surface area contributed by atoms with Crippen LogP contribution in [0.15, 0.2) is 53.4 Å². The van der Waals surface area contributed by atoms with Crippen molar-refractivity contribution in [3.63, 3.8) is 0 Å². The second-order valence-electron chi connectivity index (χ2n) is 5.40. The summed E-state index contributed by atoms with van der Waals surface area (Å²) in [5.74, 6) is -0.562. The van der Waals surface area contributed by atoms with E-state index in [0.717, 1.165) is 21.5 Å². The summed E-state index contributed by atoms with van der Waals surface area (Å²) < 4.78 is 0. The van der Waals surface area contributed by atoms with Gasteiger partial charge in [-0.3, -0.25) is 20.4 Å². The molecule has 0 unspecified atom stereocenters. The Balaban J connectivity index is 1.57. The Kier molecular flexibility index (Phi) is 5.31. The topological polar surface area (TPSA) is 74.0 Å². The van der Waals surface area contributed by atoms with Crippen LogP contribution in [0.25, 0.3) is 10.9 Å². The van der Waals surface area contributed by atoms with Crippen LogP contribution in [0, 0.1) is 6.92 Å². The molecule has 7 heteroatoms. The van der Waals surface area contributed by atoms with Crippen LogP contribution in [0.3, 0.4) is 0 Å². The van der Waals surface area contributed by atoms with Crippen LogP contribution in [0.5, 0.6) is 0 Å². The summed E-state index contributed by atoms with van der Waals surface area (Å²) in [5, 5.41) is 1.41. The van der Waals surface area contributed by atoms with Gasteiger partial charge in [0.15, 0.2) is 0 Å². The summed E-state index contributed by atoms with van der Waals surface area (Å²) in [5.41, 5.74) is 7.15. The Morgan fingerprint density at radius 3 is 2.60 bits per heavy atom. The monoisotopic (exact) mass is 373 g/mol. The number of para-hydroxylation sites is 1. The van der Waals surface area contributed by atoms with Crippen molar-refractivity contribution < 1.29 is 9.59 Å². The van der Waals surface area contributed by atoms with Crippen LogP contribution in [0.1, 0.15) is 16.1 Å². The van der Waals surface area contributed by atoms with Crippen molar-refractivity contribution in [3.05, 3.63) is 64.8 Å². The largest absolute Gasteiger partial charge is 0.358 e. The van der Waals surface area contributed by atoms with E-state index in [-0.39, 0.29) is 11.7 Å². The van der Waals surface area contributed by atoms with Gasteiger partial charge >= 0.3 is 0 Å². The van der Waals surface area contributed by atoms with Crippen LogP contribution >= 0.6 is 23.4 Å². The number of hydrogen-bond acceptors (Lipinski definition) is 3. The van der Waals surface area contributed by atoms with E-state index < -0.39 is 5.91 Å². The molecule has 0 saturated carbocycles. The average Bonchev–Trinajstić information content (AvgIpc) is 2.93. The van der Waals surface area contributed by atoms with Crippen molar-refractivity contribution in [1.29, 1.82) is 0 Å². The number of amides is 2. The van der Waals surface area contributed by atoms with Gasteiger partial charge < -0.3 is 4.98 Å². The lowest BCUT2D eigenvalue weighted by atomic mass is 10.2. The summed E-state index contributed by atoms with van der Waals surface area (Å²) in [6, 6.07) is 14.6. The van der Waals surface area contributed by atoms with Gasteiger partial charge in [0, 0.05) is 21.5 Å². The van der Waals surface area contributed by atoms with Gasteiger partial charge in [-0.25, -0.2) is 0 Å². The Morgan fingerprint density at radius 1 is 1.08 bits per heavy atom. The second kappa shape index (κ2) is 7.63. The lowest BCUT2D eigenvalue weighted by Crippen LogP contribution is -2.42. The molecule has 3 aromatic rings. The predicted molar refractivity (Wildman–Crippen MR) is 101 cm³/mol. The molecule has 2 aromatic carbocycles. The van der Waals surface area contributed by atoms with E-state index >= 15 is 0 Å². The molecule has 0 aliphatic rings. The number of aromatic nitrogens is 1. The zero-order chi connectivity index (χ0) is 17.8. The molecule has 2 amide bonds. The SMILES string of the molecule is Cc1[nH]c2ccccc2c1SCC(=O)NNC(=O)c1ccccc1Cl. The number of thioether (sulfide) groups is 1. The minimum absolute atomic E-state index is 0.186. The van der Waals surface area contributed by atoms with Crippen molar-refractivity contribution >= 4 is 46.1 Å². The summed E-state index contributed by atoms with van der Waals surface area (Å²) in [4.78, 5) is 28.3. The third kappa shape index (κ3) is 3.97. The van der Waals surface area contributed by atoms with E-state index in [4.69, 9.17) is 11.6 Å². The number of carbonyl (C=O) groups is 2. The van der Waals surface area contributed by atoms with Gasteiger partial charge in [0.25, 0.3) is 5.91 Å². The highest BCUT2D eigenvalue weighted by molar-refractivity contribution is 8.00. The molecule has 0 fully saturated rings. The average molecular weight is 374 g/mol. The van der Waals surface area contributed by atoms with Crippen molar-refractivity contribution in [2.75, 3.05) is 5.75 Å². The molecule has 0 atom stereocenters. The smallest absolute Gasteiger partial charge is 0.271 e. The molecule has 1 heterocycles. The number of halogens is 1. The molecule has 0 spiro atoms. The number of benzene rings is 2. The molecule has 1 aromatic heterocycles. The van der Waals surface area contributed by atoms with Crippen LogP contribution in [0.2, 0.25) is 5.02 Å². The Bertz CT molecular complexity index is 939. The van der Waals surface area contributed by atoms with Gasteiger partial charge in [0.2, 0.25) is 5.91 Å². The standard InChI is InChI=1S/C18H16ClN3O2S/c1-11-17(13-7-3-5-9-15(13)20-11)25-10-16(23)21-22-18(24)12-6-2-4-8-14(12)19/h2-9,20H,10H2,1H3,(H,21,23)(H,22,24). The molecule has 0 radical (unpaired) electrons. The quantitative estimate of drug-likeness (QED) is 0.482. The lowest BCUT2D eigenvalue weighted by Gasteiger charge is -2.08. The highest BCUT2D eigenvalue weighted by atomic mass is 35.5. The summed E-state index contributed by atoms with van der Waals surface area (Å²) >= 11 is 7.38. The van der Waals surface area contributed by atoms with Crippen LogP contribution in [-0.2, 0) is 4.79 Å². The molecule has 25 heavy (non-hydrogen) atoms. The first-order chi connectivity index (χ1) is 12.1. The summed E-state index contributed by atoms with van der Waals surface area (Å²) in [6.07, 6.45) is 0. The molecule has 5 nitrogen and oxygen atoms in total. The fourth-order valence-electron chi connectivity index (χ4n) is 2.45. The first-order valence-corrected chi connectivity index (χ1v) is 8.96. The minimum Gasteiger partial charge on any atom is -0.358 e.